The lowest BCUT2D eigenvalue weighted by Crippen LogP contribution is -1.95. The molecule has 0 bridgehead atoms. The Labute approximate surface area is 145 Å². The summed E-state index contributed by atoms with van der Waals surface area (Å²) < 4.78 is 4.40. The van der Waals surface area contributed by atoms with Gasteiger partial charge in [0.25, 0.3) is 0 Å². The number of rotatable bonds is 15. The number of carbonyl (C=O) groups is 1. The van der Waals surface area contributed by atoms with Gasteiger partial charge in [-0.05, 0) is 13.3 Å². The minimum atomic E-state index is -0.211. The molecule has 0 aliphatic rings. The highest BCUT2D eigenvalue weighted by molar-refractivity contribution is 5.65. The van der Waals surface area contributed by atoms with Gasteiger partial charge in [-0.15, -0.1) is 0 Å². The Balaban J connectivity index is 0. The molecule has 140 valence electrons. The summed E-state index contributed by atoms with van der Waals surface area (Å²) in [6.45, 7) is 6.30. The third kappa shape index (κ3) is 30.0. The number of hydrogen-bond acceptors (Lipinski definition) is 3. The molecule has 0 radical (unpaired) electrons. The molecular formula is C20H42O3. The normalized spacial score (nSPS) is 10.1. The highest BCUT2D eigenvalue weighted by Crippen LogP contribution is 2.12. The van der Waals surface area contributed by atoms with Crippen molar-refractivity contribution >= 4 is 5.97 Å². The number of ether oxygens (including phenoxy) is 1. The Morgan fingerprint density at radius 3 is 1.26 bits per heavy atom. The van der Waals surface area contributed by atoms with E-state index in [9.17, 15) is 4.79 Å². The fourth-order valence-electron chi connectivity index (χ4n) is 2.51. The number of esters is 1. The zero-order chi connectivity index (χ0) is 17.6. The molecule has 0 rings (SSSR count). The molecule has 0 aliphatic heterocycles. The van der Waals surface area contributed by atoms with Crippen molar-refractivity contribution in [3.8, 4) is 0 Å². The van der Waals surface area contributed by atoms with Crippen LogP contribution in [0.4, 0.5) is 0 Å². The van der Waals surface area contributed by atoms with Crippen LogP contribution in [0.25, 0.3) is 0 Å². The molecule has 0 aliphatic carbocycles. The summed E-state index contributed by atoms with van der Waals surface area (Å²) in [5, 5.41) is 8.64. The molecule has 0 aromatic carbocycles. The quantitative estimate of drug-likeness (QED) is 0.294. The largest absolute Gasteiger partial charge is 0.466 e. The smallest absolute Gasteiger partial charge is 0.302 e. The van der Waals surface area contributed by atoms with Crippen LogP contribution in [-0.4, -0.2) is 24.3 Å². The Bertz CT molecular complexity index is 203. The number of carbonyl (C=O) groups excluding carboxylic acids is 1. The molecule has 0 unspecified atom stereocenters. The fourth-order valence-corrected chi connectivity index (χ4v) is 2.51. The summed E-state index contributed by atoms with van der Waals surface area (Å²) in [4.78, 5) is 9.82. The van der Waals surface area contributed by atoms with Crippen molar-refractivity contribution in [1.82, 2.24) is 0 Å². The molecule has 3 heteroatoms. The van der Waals surface area contributed by atoms with Gasteiger partial charge in [0.2, 0.25) is 0 Å². The van der Waals surface area contributed by atoms with Crippen molar-refractivity contribution in [3.63, 3.8) is 0 Å². The molecule has 0 aromatic heterocycles. The second-order valence-corrected chi connectivity index (χ2v) is 6.24. The van der Waals surface area contributed by atoms with E-state index in [4.69, 9.17) is 5.11 Å². The predicted octanol–water partition coefficient (Wildman–Crippen LogP) is 6.03. The lowest BCUT2D eigenvalue weighted by Gasteiger charge is -2.02. The third-order valence-electron chi connectivity index (χ3n) is 3.86. The van der Waals surface area contributed by atoms with Gasteiger partial charge in [-0.3, -0.25) is 4.79 Å². The van der Waals surface area contributed by atoms with Crippen LogP contribution in [0.15, 0.2) is 0 Å². The fraction of sp³-hybridized carbons (Fsp3) is 0.950. The first-order chi connectivity index (χ1) is 11.2. The van der Waals surface area contributed by atoms with Crippen LogP contribution in [0.1, 0.15) is 111 Å². The van der Waals surface area contributed by atoms with E-state index in [2.05, 4.69) is 11.7 Å². The van der Waals surface area contributed by atoms with Gasteiger partial charge >= 0.3 is 5.97 Å². The van der Waals surface area contributed by atoms with E-state index < -0.39 is 0 Å². The highest BCUT2D eigenvalue weighted by Gasteiger charge is 1.93. The van der Waals surface area contributed by atoms with Crippen molar-refractivity contribution in [2.45, 2.75) is 111 Å². The summed E-state index contributed by atoms with van der Waals surface area (Å²) in [5.41, 5.74) is 0. The van der Waals surface area contributed by atoms with E-state index in [1.54, 1.807) is 6.92 Å². The molecule has 23 heavy (non-hydrogen) atoms. The highest BCUT2D eigenvalue weighted by atomic mass is 16.5. The zero-order valence-electron chi connectivity index (χ0n) is 16.1. The minimum Gasteiger partial charge on any atom is -0.466 e. The summed E-state index contributed by atoms with van der Waals surface area (Å²) in [6, 6.07) is 0. The Hall–Kier alpha value is -0.570. The Morgan fingerprint density at radius 2 is 1.04 bits per heavy atom. The first-order valence-electron chi connectivity index (χ1n) is 9.93. The Morgan fingerprint density at radius 1 is 0.696 bits per heavy atom. The van der Waals surface area contributed by atoms with Crippen molar-refractivity contribution in [3.05, 3.63) is 0 Å². The summed E-state index contributed by atoms with van der Waals surface area (Å²) in [5.74, 6) is -0.211. The molecular weight excluding hydrogens is 288 g/mol. The lowest BCUT2D eigenvalue weighted by molar-refractivity contribution is -0.140. The predicted molar refractivity (Wildman–Crippen MR) is 99.7 cm³/mol. The van der Waals surface area contributed by atoms with Crippen molar-refractivity contribution < 1.29 is 14.6 Å². The van der Waals surface area contributed by atoms with Gasteiger partial charge < -0.3 is 9.84 Å². The molecule has 0 saturated carbocycles. The SMILES string of the molecule is CCCCCCCCCCCCCCCCO.CCOC(C)=O. The van der Waals surface area contributed by atoms with Crippen LogP contribution in [0.5, 0.6) is 0 Å². The van der Waals surface area contributed by atoms with Crippen LogP contribution in [0.3, 0.4) is 0 Å². The second kappa shape index (κ2) is 23.7. The number of hydrogen-bond donors (Lipinski definition) is 1. The van der Waals surface area contributed by atoms with E-state index in [-0.39, 0.29) is 5.97 Å². The molecule has 0 amide bonds. The summed E-state index contributed by atoms with van der Waals surface area (Å²) in [7, 11) is 0. The van der Waals surface area contributed by atoms with Crippen LogP contribution >= 0.6 is 0 Å². The van der Waals surface area contributed by atoms with Gasteiger partial charge in [0.15, 0.2) is 0 Å². The maximum absolute atomic E-state index is 9.82. The number of aliphatic hydroxyl groups is 1. The molecule has 0 aromatic rings. The van der Waals surface area contributed by atoms with E-state index >= 15 is 0 Å². The molecule has 0 fully saturated rings. The van der Waals surface area contributed by atoms with Gasteiger partial charge in [-0.2, -0.15) is 0 Å². The number of unbranched alkanes of at least 4 members (excludes halogenated alkanes) is 13. The maximum Gasteiger partial charge on any atom is 0.302 e. The average Bonchev–Trinajstić information content (AvgIpc) is 2.52. The molecule has 0 saturated heterocycles. The van der Waals surface area contributed by atoms with Gasteiger partial charge in [-0.25, -0.2) is 0 Å². The standard InChI is InChI=1S/C16H34O.C4H8O2/c1-2-3-4-5-6-7-8-9-10-11-12-13-14-15-16-17;1-3-6-4(2)5/h17H,2-16H2,1H3;3H2,1-2H3. The van der Waals surface area contributed by atoms with Crippen LogP contribution in [0, 0.1) is 0 Å². The van der Waals surface area contributed by atoms with E-state index in [0.717, 1.165) is 6.42 Å². The Kier molecular flexibility index (Phi) is 25.4. The second-order valence-electron chi connectivity index (χ2n) is 6.24. The lowest BCUT2D eigenvalue weighted by atomic mass is 10.0. The third-order valence-corrected chi connectivity index (χ3v) is 3.86. The van der Waals surface area contributed by atoms with Crippen molar-refractivity contribution in [2.24, 2.45) is 0 Å². The summed E-state index contributed by atoms with van der Waals surface area (Å²) >= 11 is 0. The molecule has 0 heterocycles. The zero-order valence-corrected chi connectivity index (χ0v) is 16.1. The number of aliphatic hydroxyl groups excluding tert-OH is 1. The van der Waals surface area contributed by atoms with Crippen LogP contribution < -0.4 is 0 Å². The summed E-state index contributed by atoms with van der Waals surface area (Å²) in [6.07, 6.45) is 19.2. The minimum absolute atomic E-state index is 0.211. The monoisotopic (exact) mass is 330 g/mol. The molecule has 1 N–H and O–H groups in total. The van der Waals surface area contributed by atoms with E-state index in [0.29, 0.717) is 13.2 Å². The van der Waals surface area contributed by atoms with Crippen molar-refractivity contribution in [1.29, 1.82) is 0 Å². The van der Waals surface area contributed by atoms with Gasteiger partial charge in [0.05, 0.1) is 6.61 Å². The van der Waals surface area contributed by atoms with Crippen LogP contribution in [0.2, 0.25) is 0 Å². The maximum atomic E-state index is 9.82. The van der Waals surface area contributed by atoms with E-state index in [1.807, 2.05) is 0 Å². The topological polar surface area (TPSA) is 46.5 Å². The van der Waals surface area contributed by atoms with Gasteiger partial charge in [0, 0.05) is 13.5 Å². The van der Waals surface area contributed by atoms with E-state index in [1.165, 1.54) is 90.4 Å². The molecule has 0 spiro atoms. The van der Waals surface area contributed by atoms with Gasteiger partial charge in [-0.1, -0.05) is 90.4 Å². The van der Waals surface area contributed by atoms with Crippen molar-refractivity contribution in [2.75, 3.05) is 13.2 Å². The first kappa shape index (κ1) is 24.7. The van der Waals surface area contributed by atoms with Crippen LogP contribution in [-0.2, 0) is 9.53 Å². The van der Waals surface area contributed by atoms with Gasteiger partial charge in [0.1, 0.15) is 0 Å². The average molecular weight is 331 g/mol. The molecule has 0 atom stereocenters. The first-order valence-corrected chi connectivity index (χ1v) is 9.93. The molecule has 3 nitrogen and oxygen atoms in total.